The molecule has 0 aliphatic heterocycles. The van der Waals surface area contributed by atoms with E-state index in [-0.39, 0.29) is 16.4 Å². The second-order valence-corrected chi connectivity index (χ2v) is 24.5. The van der Waals surface area contributed by atoms with Crippen LogP contribution in [-0.4, -0.2) is 5.54 Å². The SMILES string of the molecule is CCC(C)(CC)c1ccc2c(c1)C(CCCCCCc1ccc3c(c1)CC3)(CCCCCCc1ccc3c(c1)CC3)c1cc(N(c3ccccc3)c3ccc(-c4ccc(N(c5ccccc5)C(C)(CC)CC)cc4)cc3)ccc1-2. The molecule has 11 rings (SSSR count). The Labute approximate surface area is 476 Å². The van der Waals surface area contributed by atoms with Crippen LogP contribution >= 0.6 is 0 Å². The Kier molecular flexibility index (Phi) is 16.5. The number of fused-ring (bicyclic) bond motifs is 5. The first kappa shape index (κ1) is 54.3. The predicted molar refractivity (Wildman–Crippen MR) is 340 cm³/mol. The van der Waals surface area contributed by atoms with E-state index in [4.69, 9.17) is 0 Å². The van der Waals surface area contributed by atoms with Crippen molar-refractivity contribution in [3.8, 4) is 22.3 Å². The average molecular weight is 1040 g/mol. The van der Waals surface area contributed by atoms with E-state index >= 15 is 0 Å². The molecule has 0 N–H and O–H groups in total. The van der Waals surface area contributed by atoms with Crippen molar-refractivity contribution in [2.75, 3.05) is 9.80 Å². The van der Waals surface area contributed by atoms with E-state index < -0.39 is 0 Å². The highest BCUT2D eigenvalue weighted by molar-refractivity contribution is 5.86. The first-order chi connectivity index (χ1) is 38.7. The van der Waals surface area contributed by atoms with Crippen molar-refractivity contribution < 1.29 is 0 Å². The largest absolute Gasteiger partial charge is 0.336 e. The molecule has 8 aromatic rings. The molecule has 2 heteroatoms. The highest BCUT2D eigenvalue weighted by Crippen LogP contribution is 2.57. The molecule has 0 aromatic heterocycles. The van der Waals surface area contributed by atoms with Gasteiger partial charge in [0.25, 0.3) is 0 Å². The zero-order valence-electron chi connectivity index (χ0n) is 48.9. The van der Waals surface area contributed by atoms with Crippen LogP contribution in [0.1, 0.15) is 182 Å². The Morgan fingerprint density at radius 2 is 0.823 bits per heavy atom. The van der Waals surface area contributed by atoms with Gasteiger partial charge in [-0.3, -0.25) is 0 Å². The normalized spacial score (nSPS) is 13.9. The van der Waals surface area contributed by atoms with Crippen molar-refractivity contribution in [2.45, 2.75) is 186 Å². The zero-order valence-corrected chi connectivity index (χ0v) is 48.9. The molecule has 0 saturated carbocycles. The number of nitrogens with zero attached hydrogens (tertiary/aromatic N) is 2. The van der Waals surface area contributed by atoms with Gasteiger partial charge < -0.3 is 9.80 Å². The summed E-state index contributed by atoms with van der Waals surface area (Å²) in [5, 5.41) is 0. The Hall–Kier alpha value is -6.64. The second-order valence-electron chi connectivity index (χ2n) is 24.5. The lowest BCUT2D eigenvalue weighted by atomic mass is 9.69. The first-order valence-electron chi connectivity index (χ1n) is 31.1. The lowest BCUT2D eigenvalue weighted by Crippen LogP contribution is -2.42. The van der Waals surface area contributed by atoms with Crippen LogP contribution in [0.3, 0.4) is 0 Å². The molecule has 0 bridgehead atoms. The number of aryl methyl sites for hydroxylation is 6. The molecule has 0 saturated heterocycles. The summed E-state index contributed by atoms with van der Waals surface area (Å²) >= 11 is 0. The minimum absolute atomic E-state index is 0.00580. The second kappa shape index (κ2) is 24.0. The molecule has 3 aliphatic rings. The van der Waals surface area contributed by atoms with E-state index in [0.29, 0.717) is 0 Å². The molecule has 0 unspecified atom stereocenters. The van der Waals surface area contributed by atoms with Crippen molar-refractivity contribution in [3.63, 3.8) is 0 Å². The molecule has 0 heterocycles. The lowest BCUT2D eigenvalue weighted by molar-refractivity contribution is 0.396. The van der Waals surface area contributed by atoms with Crippen LogP contribution in [0.2, 0.25) is 0 Å². The van der Waals surface area contributed by atoms with Gasteiger partial charge in [0.1, 0.15) is 0 Å². The van der Waals surface area contributed by atoms with Crippen molar-refractivity contribution in [1.29, 1.82) is 0 Å². The van der Waals surface area contributed by atoms with Crippen LogP contribution in [-0.2, 0) is 49.4 Å². The molecule has 406 valence electrons. The monoisotopic (exact) mass is 1040 g/mol. The number of unbranched alkanes of at least 4 members (excludes halogenated alkanes) is 6. The van der Waals surface area contributed by atoms with E-state index in [2.05, 4.69) is 233 Å². The molecule has 3 aliphatic carbocycles. The van der Waals surface area contributed by atoms with Crippen LogP contribution in [0, 0.1) is 0 Å². The van der Waals surface area contributed by atoms with Gasteiger partial charge in [0.05, 0.1) is 0 Å². The van der Waals surface area contributed by atoms with Gasteiger partial charge >= 0.3 is 0 Å². The summed E-state index contributed by atoms with van der Waals surface area (Å²) in [6.07, 6.45) is 24.3. The highest BCUT2D eigenvalue weighted by Gasteiger charge is 2.44. The summed E-state index contributed by atoms with van der Waals surface area (Å²) in [6.45, 7) is 14.3. The topological polar surface area (TPSA) is 6.48 Å². The summed E-state index contributed by atoms with van der Waals surface area (Å²) < 4.78 is 0. The summed E-state index contributed by atoms with van der Waals surface area (Å²) in [5.74, 6) is 0. The fourth-order valence-electron chi connectivity index (χ4n) is 13.9. The van der Waals surface area contributed by atoms with Gasteiger partial charge in [0, 0.05) is 39.4 Å². The Balaban J connectivity index is 0.915. The van der Waals surface area contributed by atoms with Crippen molar-refractivity contribution in [2.24, 2.45) is 0 Å². The number of rotatable bonds is 26. The number of anilines is 5. The van der Waals surface area contributed by atoms with Gasteiger partial charge in [-0.05, 0) is 235 Å². The van der Waals surface area contributed by atoms with E-state index in [0.717, 1.165) is 25.7 Å². The van der Waals surface area contributed by atoms with E-state index in [9.17, 15) is 0 Å². The Morgan fingerprint density at radius 3 is 1.32 bits per heavy atom. The fourth-order valence-corrected chi connectivity index (χ4v) is 13.9. The van der Waals surface area contributed by atoms with Gasteiger partial charge in [0.15, 0.2) is 0 Å². The third-order valence-corrected chi connectivity index (χ3v) is 20.0. The average Bonchev–Trinajstić information content (AvgIpc) is 3.83. The lowest BCUT2D eigenvalue weighted by Gasteiger charge is -2.42. The van der Waals surface area contributed by atoms with Crippen LogP contribution in [0.5, 0.6) is 0 Å². The van der Waals surface area contributed by atoms with Crippen LogP contribution < -0.4 is 9.80 Å². The Bertz CT molecular complexity index is 3230. The van der Waals surface area contributed by atoms with E-state index in [1.807, 2.05) is 0 Å². The number of hydrogen-bond donors (Lipinski definition) is 0. The maximum absolute atomic E-state index is 2.71. The maximum atomic E-state index is 2.71. The summed E-state index contributed by atoms with van der Waals surface area (Å²) in [4.78, 5) is 5.06. The van der Waals surface area contributed by atoms with Crippen molar-refractivity contribution in [3.05, 3.63) is 232 Å². The van der Waals surface area contributed by atoms with Gasteiger partial charge in [-0.1, -0.05) is 194 Å². The fraction of sp³-hybridized carbons (Fsp3) is 0.377. The minimum Gasteiger partial charge on any atom is -0.336 e. The minimum atomic E-state index is -0.0668. The maximum Gasteiger partial charge on any atom is 0.0465 e. The number of hydrogen-bond acceptors (Lipinski definition) is 2. The first-order valence-corrected chi connectivity index (χ1v) is 31.1. The standard InChI is InChI=1S/C77H88N2/c1-7-75(5,8-2)65-43-49-71-72-50-48-70(78(66-27-19-15-20-28-66)67-44-39-59(40-45-67)60-41-46-69(47-42-60)79(76(6,9-3)10-4)68-29-21-16-22-30-68)56-74(72)77(73(71)55-65,51-23-13-11-17-25-57-31-33-61-35-37-63(61)53-57)52-24-14-12-18-26-58-32-34-62-36-38-64(62)54-58/h15-16,19-22,27-34,39-50,53-56H,7-14,17-18,23-26,35-38,51-52H2,1-6H3. The molecular formula is C77H88N2. The molecule has 79 heavy (non-hydrogen) atoms. The Morgan fingerprint density at radius 1 is 0.380 bits per heavy atom. The third kappa shape index (κ3) is 11.2. The van der Waals surface area contributed by atoms with Crippen LogP contribution in [0.4, 0.5) is 28.4 Å². The number of para-hydroxylation sites is 2. The summed E-state index contributed by atoms with van der Waals surface area (Å²) in [6, 6.07) is 70.5. The predicted octanol–water partition coefficient (Wildman–Crippen LogP) is 21.5. The van der Waals surface area contributed by atoms with E-state index in [1.54, 1.807) is 33.4 Å². The van der Waals surface area contributed by atoms with Crippen LogP contribution in [0.15, 0.2) is 182 Å². The smallest absolute Gasteiger partial charge is 0.0465 e. The molecule has 0 fully saturated rings. The summed E-state index contributed by atoms with van der Waals surface area (Å²) in [7, 11) is 0. The van der Waals surface area contributed by atoms with Crippen molar-refractivity contribution in [1.82, 2.24) is 0 Å². The van der Waals surface area contributed by atoms with Gasteiger partial charge in [0.2, 0.25) is 0 Å². The zero-order chi connectivity index (χ0) is 54.4. The number of benzene rings is 8. The van der Waals surface area contributed by atoms with Gasteiger partial charge in [-0.15, -0.1) is 0 Å². The molecular weight excluding hydrogens is 953 g/mol. The van der Waals surface area contributed by atoms with E-state index in [1.165, 1.54) is 170 Å². The molecule has 0 spiro atoms. The van der Waals surface area contributed by atoms with Crippen molar-refractivity contribution >= 4 is 28.4 Å². The molecule has 2 nitrogen and oxygen atoms in total. The van der Waals surface area contributed by atoms with Crippen LogP contribution in [0.25, 0.3) is 22.3 Å². The molecule has 0 radical (unpaired) electrons. The summed E-state index contributed by atoms with van der Waals surface area (Å²) in [5.41, 5.74) is 25.5. The molecule has 0 atom stereocenters. The molecule has 0 amide bonds. The quantitative estimate of drug-likeness (QED) is 0.0499. The molecule has 8 aromatic carbocycles. The highest BCUT2D eigenvalue weighted by atomic mass is 15.2. The van der Waals surface area contributed by atoms with Gasteiger partial charge in [-0.2, -0.15) is 0 Å². The third-order valence-electron chi connectivity index (χ3n) is 20.0. The van der Waals surface area contributed by atoms with Gasteiger partial charge in [-0.25, -0.2) is 0 Å².